The van der Waals surface area contributed by atoms with Gasteiger partial charge in [0, 0.05) is 10.2 Å². The van der Waals surface area contributed by atoms with Crippen molar-refractivity contribution in [3.05, 3.63) is 28.2 Å². The van der Waals surface area contributed by atoms with E-state index in [1.165, 1.54) is 5.56 Å². The summed E-state index contributed by atoms with van der Waals surface area (Å²) < 4.78 is 1.10. The number of halogens is 1. The fourth-order valence-corrected chi connectivity index (χ4v) is 1.35. The van der Waals surface area contributed by atoms with Crippen LogP contribution in [0.2, 0.25) is 0 Å². The third-order valence-corrected chi connectivity index (χ3v) is 2.66. The van der Waals surface area contributed by atoms with E-state index in [0.29, 0.717) is 0 Å². The molecule has 13 heavy (non-hydrogen) atoms. The lowest BCUT2D eigenvalue weighted by Crippen LogP contribution is -2.11. The molecule has 0 aliphatic rings. The zero-order valence-electron chi connectivity index (χ0n) is 7.76. The van der Waals surface area contributed by atoms with Crippen LogP contribution in [0.4, 0.5) is 5.69 Å². The summed E-state index contributed by atoms with van der Waals surface area (Å²) in [7, 11) is 0. The second-order valence-corrected chi connectivity index (χ2v) is 3.85. The number of anilines is 1. The Morgan fingerprint density at radius 3 is 2.77 bits per heavy atom. The summed E-state index contributed by atoms with van der Waals surface area (Å²) in [5, 5.41) is 3.19. The smallest absolute Gasteiger partial charge is 0.0845 e. The van der Waals surface area contributed by atoms with Crippen molar-refractivity contribution < 1.29 is 0 Å². The van der Waals surface area contributed by atoms with Crippen LogP contribution in [0.15, 0.2) is 22.7 Å². The standard InChI is InChI=1S/C11H12BrN/c1-4-9(3)13-10-6-5-8(2)11(12)7-10/h1,5-7,9,13H,2-3H3. The second-order valence-electron chi connectivity index (χ2n) is 3.00. The number of nitrogens with one attached hydrogen (secondary N) is 1. The Morgan fingerprint density at radius 2 is 2.23 bits per heavy atom. The Morgan fingerprint density at radius 1 is 1.54 bits per heavy atom. The van der Waals surface area contributed by atoms with Gasteiger partial charge in [-0.2, -0.15) is 0 Å². The molecule has 1 atom stereocenters. The molecule has 0 amide bonds. The van der Waals surface area contributed by atoms with Gasteiger partial charge < -0.3 is 5.32 Å². The van der Waals surface area contributed by atoms with Gasteiger partial charge in [0.25, 0.3) is 0 Å². The molecule has 1 rings (SSSR count). The van der Waals surface area contributed by atoms with E-state index in [-0.39, 0.29) is 6.04 Å². The van der Waals surface area contributed by atoms with Gasteiger partial charge in [-0.1, -0.05) is 27.9 Å². The molecule has 1 aromatic rings. The van der Waals surface area contributed by atoms with E-state index < -0.39 is 0 Å². The molecule has 0 spiro atoms. The van der Waals surface area contributed by atoms with Gasteiger partial charge in [0.2, 0.25) is 0 Å². The Kier molecular flexibility index (Phi) is 3.39. The molecule has 0 aromatic heterocycles. The maximum atomic E-state index is 5.26. The molecule has 0 saturated heterocycles. The van der Waals surface area contributed by atoms with Crippen LogP contribution in [-0.4, -0.2) is 6.04 Å². The zero-order chi connectivity index (χ0) is 9.84. The summed E-state index contributed by atoms with van der Waals surface area (Å²) in [5.74, 6) is 2.62. The Balaban J connectivity index is 2.81. The first kappa shape index (κ1) is 10.1. The fraction of sp³-hybridized carbons (Fsp3) is 0.273. The lowest BCUT2D eigenvalue weighted by atomic mass is 10.2. The van der Waals surface area contributed by atoms with Crippen LogP contribution in [0, 0.1) is 19.3 Å². The van der Waals surface area contributed by atoms with Gasteiger partial charge >= 0.3 is 0 Å². The molecule has 0 aliphatic heterocycles. The first-order chi connectivity index (χ1) is 6.13. The van der Waals surface area contributed by atoms with Crippen molar-refractivity contribution in [1.82, 2.24) is 0 Å². The predicted octanol–water partition coefficient (Wildman–Crippen LogP) is 3.19. The van der Waals surface area contributed by atoms with E-state index in [1.807, 2.05) is 19.1 Å². The van der Waals surface area contributed by atoms with Crippen molar-refractivity contribution >= 4 is 21.6 Å². The van der Waals surface area contributed by atoms with Crippen molar-refractivity contribution in [1.29, 1.82) is 0 Å². The lowest BCUT2D eigenvalue weighted by Gasteiger charge is -2.10. The Hall–Kier alpha value is -0.940. The average Bonchev–Trinajstić information content (AvgIpc) is 2.11. The van der Waals surface area contributed by atoms with Crippen LogP contribution >= 0.6 is 15.9 Å². The molecule has 2 heteroatoms. The van der Waals surface area contributed by atoms with Gasteiger partial charge in [-0.25, -0.2) is 0 Å². The summed E-state index contributed by atoms with van der Waals surface area (Å²) in [6.45, 7) is 4.01. The van der Waals surface area contributed by atoms with Crippen molar-refractivity contribution in [2.45, 2.75) is 19.9 Å². The van der Waals surface area contributed by atoms with Crippen LogP contribution in [0.1, 0.15) is 12.5 Å². The molecule has 1 aromatic carbocycles. The topological polar surface area (TPSA) is 12.0 Å². The van der Waals surface area contributed by atoms with Crippen LogP contribution in [0.25, 0.3) is 0 Å². The van der Waals surface area contributed by atoms with E-state index in [2.05, 4.69) is 40.2 Å². The van der Waals surface area contributed by atoms with E-state index in [9.17, 15) is 0 Å². The molecule has 0 fully saturated rings. The number of hydrogen-bond acceptors (Lipinski definition) is 1. The molecular formula is C11H12BrN. The van der Waals surface area contributed by atoms with Gasteiger partial charge in [0.1, 0.15) is 0 Å². The molecule has 0 heterocycles. The summed E-state index contributed by atoms with van der Waals surface area (Å²) in [5.41, 5.74) is 2.27. The SMILES string of the molecule is C#CC(C)Nc1ccc(C)c(Br)c1. The number of hydrogen-bond donors (Lipinski definition) is 1. The van der Waals surface area contributed by atoms with Crippen LogP contribution in [0.3, 0.4) is 0 Å². The number of benzene rings is 1. The second kappa shape index (κ2) is 4.34. The first-order valence-corrected chi connectivity index (χ1v) is 4.91. The quantitative estimate of drug-likeness (QED) is 0.780. The first-order valence-electron chi connectivity index (χ1n) is 4.12. The van der Waals surface area contributed by atoms with E-state index in [0.717, 1.165) is 10.2 Å². The minimum atomic E-state index is 0.0645. The largest absolute Gasteiger partial charge is 0.372 e. The fourth-order valence-electron chi connectivity index (χ4n) is 0.974. The van der Waals surface area contributed by atoms with Gasteiger partial charge in [0.15, 0.2) is 0 Å². The Labute approximate surface area is 87.7 Å². The number of aryl methyl sites for hydroxylation is 1. The van der Waals surface area contributed by atoms with Crippen LogP contribution in [-0.2, 0) is 0 Å². The normalized spacial score (nSPS) is 11.8. The molecule has 1 unspecified atom stereocenters. The highest BCUT2D eigenvalue weighted by Crippen LogP contribution is 2.20. The summed E-state index contributed by atoms with van der Waals surface area (Å²) in [6.07, 6.45) is 5.26. The third-order valence-electron chi connectivity index (χ3n) is 1.81. The zero-order valence-corrected chi connectivity index (χ0v) is 9.35. The summed E-state index contributed by atoms with van der Waals surface area (Å²) >= 11 is 3.47. The Bertz CT molecular complexity index is 338. The van der Waals surface area contributed by atoms with Gasteiger partial charge in [-0.15, -0.1) is 6.42 Å². The van der Waals surface area contributed by atoms with Crippen molar-refractivity contribution in [3.8, 4) is 12.3 Å². The van der Waals surface area contributed by atoms with E-state index in [1.54, 1.807) is 0 Å². The van der Waals surface area contributed by atoms with Crippen molar-refractivity contribution in [3.63, 3.8) is 0 Å². The lowest BCUT2D eigenvalue weighted by molar-refractivity contribution is 1.03. The molecular weight excluding hydrogens is 226 g/mol. The molecule has 68 valence electrons. The third kappa shape index (κ3) is 2.78. The summed E-state index contributed by atoms with van der Waals surface area (Å²) in [4.78, 5) is 0. The summed E-state index contributed by atoms with van der Waals surface area (Å²) in [6, 6.07) is 6.17. The molecule has 0 bridgehead atoms. The molecule has 0 aliphatic carbocycles. The van der Waals surface area contributed by atoms with Gasteiger partial charge in [-0.05, 0) is 31.5 Å². The maximum Gasteiger partial charge on any atom is 0.0845 e. The minimum absolute atomic E-state index is 0.0645. The minimum Gasteiger partial charge on any atom is -0.372 e. The highest BCUT2D eigenvalue weighted by atomic mass is 79.9. The molecule has 0 saturated carbocycles. The number of rotatable bonds is 2. The van der Waals surface area contributed by atoms with Gasteiger partial charge in [-0.3, -0.25) is 0 Å². The molecule has 1 nitrogen and oxygen atoms in total. The monoisotopic (exact) mass is 237 g/mol. The molecule has 1 N–H and O–H groups in total. The number of terminal acetylenes is 1. The highest BCUT2D eigenvalue weighted by molar-refractivity contribution is 9.10. The van der Waals surface area contributed by atoms with Crippen LogP contribution in [0.5, 0.6) is 0 Å². The predicted molar refractivity (Wildman–Crippen MR) is 60.8 cm³/mol. The average molecular weight is 238 g/mol. The van der Waals surface area contributed by atoms with Crippen LogP contribution < -0.4 is 5.32 Å². The molecule has 0 radical (unpaired) electrons. The van der Waals surface area contributed by atoms with Crippen molar-refractivity contribution in [2.75, 3.05) is 5.32 Å². The van der Waals surface area contributed by atoms with Crippen molar-refractivity contribution in [2.24, 2.45) is 0 Å². The van der Waals surface area contributed by atoms with E-state index >= 15 is 0 Å². The maximum absolute atomic E-state index is 5.26. The van der Waals surface area contributed by atoms with Gasteiger partial charge in [0.05, 0.1) is 6.04 Å². The highest BCUT2D eigenvalue weighted by Gasteiger charge is 1.99. The van der Waals surface area contributed by atoms with E-state index in [4.69, 9.17) is 6.42 Å².